The van der Waals surface area contributed by atoms with E-state index in [1.54, 1.807) is 0 Å². The summed E-state index contributed by atoms with van der Waals surface area (Å²) < 4.78 is 0. The van der Waals surface area contributed by atoms with Gasteiger partial charge in [0.05, 0.1) is 0 Å². The molecule has 0 unspecified atom stereocenters. The standard InChI is InChI=1S/C16H22N2/c1-12-2-4-13(5-3-12)11-18-15-6-7-16-14(10-15)8-9-17-16/h6-10,12-13,17-18H,2-5,11H2,1H3. The number of fused-ring (bicyclic) bond motifs is 1. The Kier molecular flexibility index (Phi) is 3.26. The van der Waals surface area contributed by atoms with E-state index in [9.17, 15) is 0 Å². The van der Waals surface area contributed by atoms with Crippen LogP contribution < -0.4 is 5.32 Å². The van der Waals surface area contributed by atoms with Gasteiger partial charge in [-0.25, -0.2) is 0 Å². The predicted molar refractivity (Wildman–Crippen MR) is 77.9 cm³/mol. The van der Waals surface area contributed by atoms with Gasteiger partial charge in [-0.3, -0.25) is 0 Å². The van der Waals surface area contributed by atoms with E-state index >= 15 is 0 Å². The zero-order chi connectivity index (χ0) is 12.4. The van der Waals surface area contributed by atoms with Crippen molar-refractivity contribution in [3.8, 4) is 0 Å². The van der Waals surface area contributed by atoms with Gasteiger partial charge in [-0.1, -0.05) is 19.8 Å². The topological polar surface area (TPSA) is 27.8 Å². The zero-order valence-electron chi connectivity index (χ0n) is 11.1. The number of H-pyrrole nitrogens is 1. The molecule has 1 saturated carbocycles. The lowest BCUT2D eigenvalue weighted by Crippen LogP contribution is -2.20. The molecule has 1 aliphatic rings. The molecule has 0 spiro atoms. The van der Waals surface area contributed by atoms with Gasteiger partial charge in [0.2, 0.25) is 0 Å². The molecule has 3 rings (SSSR count). The third kappa shape index (κ3) is 2.53. The van der Waals surface area contributed by atoms with Crippen molar-refractivity contribution in [2.24, 2.45) is 11.8 Å². The van der Waals surface area contributed by atoms with Crippen molar-refractivity contribution in [3.05, 3.63) is 30.5 Å². The van der Waals surface area contributed by atoms with Crippen molar-refractivity contribution in [2.75, 3.05) is 11.9 Å². The van der Waals surface area contributed by atoms with Crippen molar-refractivity contribution in [1.29, 1.82) is 0 Å². The maximum absolute atomic E-state index is 3.60. The molecule has 2 N–H and O–H groups in total. The van der Waals surface area contributed by atoms with Gasteiger partial charge in [-0.15, -0.1) is 0 Å². The Hall–Kier alpha value is -1.44. The number of hydrogen-bond donors (Lipinski definition) is 2. The highest BCUT2D eigenvalue weighted by molar-refractivity contribution is 5.82. The van der Waals surface area contributed by atoms with E-state index in [-0.39, 0.29) is 0 Å². The largest absolute Gasteiger partial charge is 0.385 e. The first-order valence-electron chi connectivity index (χ1n) is 7.12. The monoisotopic (exact) mass is 242 g/mol. The van der Waals surface area contributed by atoms with Gasteiger partial charge < -0.3 is 10.3 Å². The van der Waals surface area contributed by atoms with E-state index in [2.05, 4.69) is 41.5 Å². The zero-order valence-corrected chi connectivity index (χ0v) is 11.1. The van der Waals surface area contributed by atoms with Crippen LogP contribution in [0.15, 0.2) is 30.5 Å². The Labute approximate surface area is 109 Å². The molecule has 1 fully saturated rings. The average molecular weight is 242 g/mol. The van der Waals surface area contributed by atoms with Crippen molar-refractivity contribution in [2.45, 2.75) is 32.6 Å². The summed E-state index contributed by atoms with van der Waals surface area (Å²) in [5.41, 5.74) is 2.47. The first-order chi connectivity index (χ1) is 8.81. The molecule has 2 nitrogen and oxygen atoms in total. The Balaban J connectivity index is 1.59. The van der Waals surface area contributed by atoms with E-state index in [1.165, 1.54) is 42.3 Å². The Morgan fingerprint density at radius 1 is 1.17 bits per heavy atom. The van der Waals surface area contributed by atoms with Gasteiger partial charge >= 0.3 is 0 Å². The Bertz CT molecular complexity index is 507. The van der Waals surface area contributed by atoms with E-state index in [0.29, 0.717) is 0 Å². The summed E-state index contributed by atoms with van der Waals surface area (Å²) in [6, 6.07) is 8.69. The molecule has 0 amide bonds. The molecule has 0 saturated heterocycles. The number of hydrogen-bond acceptors (Lipinski definition) is 1. The molecule has 2 aromatic rings. The van der Waals surface area contributed by atoms with E-state index < -0.39 is 0 Å². The lowest BCUT2D eigenvalue weighted by molar-refractivity contribution is 0.300. The maximum atomic E-state index is 3.60. The summed E-state index contributed by atoms with van der Waals surface area (Å²) >= 11 is 0. The van der Waals surface area contributed by atoms with Crippen LogP contribution in [0.5, 0.6) is 0 Å². The van der Waals surface area contributed by atoms with Crippen LogP contribution >= 0.6 is 0 Å². The third-order valence-corrected chi connectivity index (χ3v) is 4.28. The number of rotatable bonds is 3. The summed E-state index contributed by atoms with van der Waals surface area (Å²) in [4.78, 5) is 3.23. The molecule has 18 heavy (non-hydrogen) atoms. The van der Waals surface area contributed by atoms with Crippen LogP contribution in [0.25, 0.3) is 10.9 Å². The third-order valence-electron chi connectivity index (χ3n) is 4.28. The molecule has 1 aliphatic carbocycles. The lowest BCUT2D eigenvalue weighted by atomic mass is 9.83. The first-order valence-corrected chi connectivity index (χ1v) is 7.12. The second-order valence-electron chi connectivity index (χ2n) is 5.79. The van der Waals surface area contributed by atoms with Crippen molar-refractivity contribution in [3.63, 3.8) is 0 Å². The van der Waals surface area contributed by atoms with Crippen LogP contribution in [0.4, 0.5) is 5.69 Å². The van der Waals surface area contributed by atoms with E-state index in [4.69, 9.17) is 0 Å². The van der Waals surface area contributed by atoms with Gasteiger partial charge in [0.1, 0.15) is 0 Å². The fraction of sp³-hybridized carbons (Fsp3) is 0.500. The minimum Gasteiger partial charge on any atom is -0.385 e. The summed E-state index contributed by atoms with van der Waals surface area (Å²) in [6.45, 7) is 3.51. The smallest absolute Gasteiger partial charge is 0.0455 e. The molecule has 0 atom stereocenters. The molecule has 0 aliphatic heterocycles. The van der Waals surface area contributed by atoms with Gasteiger partial charge in [-0.05, 0) is 48.9 Å². The first kappa shape index (κ1) is 11.6. The van der Waals surface area contributed by atoms with Gasteiger partial charge in [-0.2, -0.15) is 0 Å². The number of anilines is 1. The van der Waals surface area contributed by atoms with Gasteiger partial charge in [0.15, 0.2) is 0 Å². The number of benzene rings is 1. The van der Waals surface area contributed by atoms with Crippen molar-refractivity contribution >= 4 is 16.6 Å². The fourth-order valence-electron chi connectivity index (χ4n) is 2.96. The SMILES string of the molecule is CC1CCC(CNc2ccc3[nH]ccc3c2)CC1. The van der Waals surface area contributed by atoms with Gasteiger partial charge in [0, 0.05) is 29.3 Å². The molecule has 1 heterocycles. The summed E-state index contributed by atoms with van der Waals surface area (Å²) in [6.07, 6.45) is 7.59. The van der Waals surface area contributed by atoms with E-state index in [1.807, 2.05) is 6.20 Å². The Morgan fingerprint density at radius 3 is 2.83 bits per heavy atom. The minimum absolute atomic E-state index is 0.864. The fourth-order valence-corrected chi connectivity index (χ4v) is 2.96. The Morgan fingerprint density at radius 2 is 2.00 bits per heavy atom. The number of aromatic amines is 1. The van der Waals surface area contributed by atoms with Crippen LogP contribution in [-0.2, 0) is 0 Å². The lowest BCUT2D eigenvalue weighted by Gasteiger charge is -2.26. The molecular weight excluding hydrogens is 220 g/mol. The quantitative estimate of drug-likeness (QED) is 0.820. The molecule has 0 bridgehead atoms. The van der Waals surface area contributed by atoms with Gasteiger partial charge in [0.25, 0.3) is 0 Å². The highest BCUT2D eigenvalue weighted by Gasteiger charge is 2.17. The minimum atomic E-state index is 0.864. The summed E-state index contributed by atoms with van der Waals surface area (Å²) in [7, 11) is 0. The normalized spacial score (nSPS) is 24.3. The van der Waals surface area contributed by atoms with Crippen molar-refractivity contribution in [1.82, 2.24) is 4.98 Å². The summed E-state index contributed by atoms with van der Waals surface area (Å²) in [5.74, 6) is 1.81. The predicted octanol–water partition coefficient (Wildman–Crippen LogP) is 4.41. The number of nitrogens with one attached hydrogen (secondary N) is 2. The molecule has 2 heteroatoms. The van der Waals surface area contributed by atoms with Crippen molar-refractivity contribution < 1.29 is 0 Å². The van der Waals surface area contributed by atoms with Crippen LogP contribution in [0, 0.1) is 11.8 Å². The molecule has 0 radical (unpaired) electrons. The van der Waals surface area contributed by atoms with Crippen LogP contribution in [0.3, 0.4) is 0 Å². The maximum Gasteiger partial charge on any atom is 0.0455 e. The highest BCUT2D eigenvalue weighted by Crippen LogP contribution is 2.28. The molecule has 1 aromatic heterocycles. The molecule has 1 aromatic carbocycles. The summed E-state index contributed by atoms with van der Waals surface area (Å²) in [5, 5.41) is 4.89. The highest BCUT2D eigenvalue weighted by atomic mass is 14.9. The van der Waals surface area contributed by atoms with Crippen LogP contribution in [-0.4, -0.2) is 11.5 Å². The second-order valence-corrected chi connectivity index (χ2v) is 5.79. The second kappa shape index (κ2) is 5.05. The van der Waals surface area contributed by atoms with Crippen LogP contribution in [0.1, 0.15) is 32.6 Å². The average Bonchev–Trinajstić information content (AvgIpc) is 2.85. The van der Waals surface area contributed by atoms with Crippen LogP contribution in [0.2, 0.25) is 0 Å². The number of aromatic nitrogens is 1. The molecular formula is C16H22N2. The van der Waals surface area contributed by atoms with E-state index in [0.717, 1.165) is 18.4 Å². The molecule has 96 valence electrons.